The van der Waals surface area contributed by atoms with E-state index in [0.29, 0.717) is 12.1 Å². The molecule has 1 unspecified atom stereocenters. The summed E-state index contributed by atoms with van der Waals surface area (Å²) < 4.78 is 0. The summed E-state index contributed by atoms with van der Waals surface area (Å²) in [6.45, 7) is 2.35. The molecule has 0 aliphatic heterocycles. The fourth-order valence-corrected chi connectivity index (χ4v) is 1.77. The number of hydrogen-bond acceptors (Lipinski definition) is 5. The minimum atomic E-state index is -0.492. The number of phenols is 3. The van der Waals surface area contributed by atoms with Crippen LogP contribution in [0.2, 0.25) is 0 Å². The number of nitrogens with zero attached hydrogens (tertiary/aromatic N) is 1. The summed E-state index contributed by atoms with van der Waals surface area (Å²) in [5.74, 6) is -1.12. The third-order valence-electron chi connectivity index (χ3n) is 3.00. The van der Waals surface area contributed by atoms with Crippen molar-refractivity contribution < 1.29 is 15.3 Å². The van der Waals surface area contributed by atoms with Crippen LogP contribution in [0.25, 0.3) is 0 Å². The number of nitrogens with one attached hydrogen (secondary N) is 1. The Morgan fingerprint density at radius 2 is 1.95 bits per heavy atom. The monoisotopic (exact) mass is 260 g/mol. The number of phenolic OH excluding ortho intramolecular Hbond substituents is 3. The minimum absolute atomic E-state index is 0.0593. The minimum Gasteiger partial charge on any atom is -0.504 e. The van der Waals surface area contributed by atoms with Crippen LogP contribution in [0.15, 0.2) is 36.7 Å². The molecule has 0 saturated carbocycles. The zero-order chi connectivity index (χ0) is 13.8. The van der Waals surface area contributed by atoms with Crippen LogP contribution in [0.1, 0.15) is 24.1 Å². The van der Waals surface area contributed by atoms with E-state index in [1.165, 1.54) is 6.07 Å². The SMILES string of the molecule is CC(NCc1ccc(O)c(O)c1O)c1cccnc1. The molecule has 5 heteroatoms. The number of aromatic hydroxyl groups is 3. The van der Waals surface area contributed by atoms with Gasteiger partial charge in [-0.2, -0.15) is 0 Å². The first kappa shape index (κ1) is 13.2. The summed E-state index contributed by atoms with van der Waals surface area (Å²) in [4.78, 5) is 4.04. The molecular weight excluding hydrogens is 244 g/mol. The smallest absolute Gasteiger partial charge is 0.200 e. The Morgan fingerprint density at radius 1 is 1.16 bits per heavy atom. The van der Waals surface area contributed by atoms with Crippen molar-refractivity contribution in [1.82, 2.24) is 10.3 Å². The summed E-state index contributed by atoms with van der Waals surface area (Å²) in [5, 5.41) is 31.6. The molecule has 0 saturated heterocycles. The molecule has 0 fully saturated rings. The molecule has 4 N–H and O–H groups in total. The summed E-state index contributed by atoms with van der Waals surface area (Å²) in [5.41, 5.74) is 1.55. The van der Waals surface area contributed by atoms with Gasteiger partial charge < -0.3 is 20.6 Å². The molecule has 1 atom stereocenters. The Labute approximate surface area is 111 Å². The fraction of sp³-hybridized carbons (Fsp3) is 0.214. The number of pyridine rings is 1. The molecule has 2 aromatic rings. The Bertz CT molecular complexity index is 558. The van der Waals surface area contributed by atoms with E-state index < -0.39 is 5.75 Å². The van der Waals surface area contributed by atoms with Gasteiger partial charge in [-0.1, -0.05) is 12.1 Å². The highest BCUT2D eigenvalue weighted by Crippen LogP contribution is 2.37. The lowest BCUT2D eigenvalue weighted by Gasteiger charge is -2.15. The second-order valence-electron chi connectivity index (χ2n) is 4.33. The van der Waals surface area contributed by atoms with Crippen LogP contribution in [0.5, 0.6) is 17.2 Å². The summed E-state index contributed by atoms with van der Waals surface area (Å²) in [7, 11) is 0. The van der Waals surface area contributed by atoms with Gasteiger partial charge in [-0.25, -0.2) is 0 Å². The number of aromatic nitrogens is 1. The maximum Gasteiger partial charge on any atom is 0.200 e. The van der Waals surface area contributed by atoms with Gasteiger partial charge in [0.25, 0.3) is 0 Å². The first-order valence-electron chi connectivity index (χ1n) is 5.95. The molecule has 5 nitrogen and oxygen atoms in total. The van der Waals surface area contributed by atoms with E-state index in [-0.39, 0.29) is 17.5 Å². The molecule has 0 aliphatic rings. The predicted molar refractivity (Wildman–Crippen MR) is 70.9 cm³/mol. The first-order valence-corrected chi connectivity index (χ1v) is 5.95. The summed E-state index contributed by atoms with van der Waals surface area (Å²) in [6, 6.07) is 6.79. The van der Waals surface area contributed by atoms with E-state index in [4.69, 9.17) is 0 Å². The number of rotatable bonds is 4. The van der Waals surface area contributed by atoms with E-state index >= 15 is 0 Å². The highest BCUT2D eigenvalue weighted by molar-refractivity contribution is 5.53. The maximum absolute atomic E-state index is 9.70. The van der Waals surface area contributed by atoms with Crippen molar-refractivity contribution in [1.29, 1.82) is 0 Å². The Hall–Kier alpha value is -2.27. The van der Waals surface area contributed by atoms with Gasteiger partial charge in [0, 0.05) is 30.5 Å². The van der Waals surface area contributed by atoms with Crippen molar-refractivity contribution in [3.8, 4) is 17.2 Å². The van der Waals surface area contributed by atoms with E-state index in [1.54, 1.807) is 18.5 Å². The normalized spacial score (nSPS) is 12.3. The van der Waals surface area contributed by atoms with Gasteiger partial charge >= 0.3 is 0 Å². The van der Waals surface area contributed by atoms with Gasteiger partial charge in [0.2, 0.25) is 5.75 Å². The zero-order valence-electron chi connectivity index (χ0n) is 10.5. The van der Waals surface area contributed by atoms with Crippen molar-refractivity contribution in [3.63, 3.8) is 0 Å². The van der Waals surface area contributed by atoms with Crippen molar-refractivity contribution in [3.05, 3.63) is 47.8 Å². The second kappa shape index (κ2) is 5.58. The lowest BCUT2D eigenvalue weighted by atomic mass is 10.1. The summed E-state index contributed by atoms with van der Waals surface area (Å²) >= 11 is 0. The Balaban J connectivity index is 2.05. The lowest BCUT2D eigenvalue weighted by molar-refractivity contribution is 0.363. The molecule has 0 spiro atoms. The highest BCUT2D eigenvalue weighted by Gasteiger charge is 2.12. The van der Waals surface area contributed by atoms with Gasteiger partial charge in [0.05, 0.1) is 0 Å². The Kier molecular flexibility index (Phi) is 3.87. The van der Waals surface area contributed by atoms with Crippen LogP contribution in [-0.2, 0) is 6.54 Å². The lowest BCUT2D eigenvalue weighted by Crippen LogP contribution is -2.18. The quantitative estimate of drug-likeness (QED) is 0.632. The predicted octanol–water partition coefficient (Wildman–Crippen LogP) is 2.05. The second-order valence-corrected chi connectivity index (χ2v) is 4.33. The highest BCUT2D eigenvalue weighted by atomic mass is 16.3. The average Bonchev–Trinajstić information content (AvgIpc) is 2.45. The molecule has 2 rings (SSSR count). The van der Waals surface area contributed by atoms with Crippen LogP contribution in [-0.4, -0.2) is 20.3 Å². The Morgan fingerprint density at radius 3 is 2.63 bits per heavy atom. The maximum atomic E-state index is 9.70. The third-order valence-corrected chi connectivity index (χ3v) is 3.00. The molecular formula is C14H16N2O3. The molecule has 0 radical (unpaired) electrons. The van der Waals surface area contributed by atoms with Crippen LogP contribution in [0.4, 0.5) is 0 Å². The van der Waals surface area contributed by atoms with Gasteiger partial charge in [-0.3, -0.25) is 4.98 Å². The van der Waals surface area contributed by atoms with Crippen LogP contribution in [0.3, 0.4) is 0 Å². The number of hydrogen-bond donors (Lipinski definition) is 4. The van der Waals surface area contributed by atoms with Gasteiger partial charge in [0.15, 0.2) is 11.5 Å². The van der Waals surface area contributed by atoms with E-state index in [9.17, 15) is 15.3 Å². The van der Waals surface area contributed by atoms with Gasteiger partial charge in [0.1, 0.15) is 0 Å². The fourth-order valence-electron chi connectivity index (χ4n) is 1.77. The average molecular weight is 260 g/mol. The molecule has 1 aromatic heterocycles. The van der Waals surface area contributed by atoms with Crippen LogP contribution >= 0.6 is 0 Å². The molecule has 100 valence electrons. The molecule has 1 heterocycles. The topological polar surface area (TPSA) is 85.6 Å². The van der Waals surface area contributed by atoms with Gasteiger partial charge in [-0.15, -0.1) is 0 Å². The molecule has 1 aromatic carbocycles. The van der Waals surface area contributed by atoms with E-state index in [1.807, 2.05) is 19.1 Å². The third kappa shape index (κ3) is 2.95. The van der Waals surface area contributed by atoms with Crippen LogP contribution in [0, 0.1) is 0 Å². The van der Waals surface area contributed by atoms with E-state index in [2.05, 4.69) is 10.3 Å². The molecule has 0 bridgehead atoms. The standard InChI is InChI=1S/C14H16N2O3/c1-9(10-3-2-6-15-7-10)16-8-11-4-5-12(17)14(19)13(11)18/h2-7,9,16-19H,8H2,1H3. The molecule has 0 amide bonds. The van der Waals surface area contributed by atoms with Crippen LogP contribution < -0.4 is 5.32 Å². The number of benzene rings is 1. The zero-order valence-corrected chi connectivity index (χ0v) is 10.5. The largest absolute Gasteiger partial charge is 0.504 e. The van der Waals surface area contributed by atoms with E-state index in [0.717, 1.165) is 5.56 Å². The van der Waals surface area contributed by atoms with Crippen molar-refractivity contribution in [2.45, 2.75) is 19.5 Å². The first-order chi connectivity index (χ1) is 9.09. The van der Waals surface area contributed by atoms with Crippen molar-refractivity contribution >= 4 is 0 Å². The molecule has 19 heavy (non-hydrogen) atoms. The molecule has 0 aliphatic carbocycles. The summed E-state index contributed by atoms with van der Waals surface area (Å²) in [6.07, 6.45) is 3.48. The van der Waals surface area contributed by atoms with Crippen molar-refractivity contribution in [2.75, 3.05) is 0 Å². The van der Waals surface area contributed by atoms with Crippen molar-refractivity contribution in [2.24, 2.45) is 0 Å². The van der Waals surface area contributed by atoms with Gasteiger partial charge in [-0.05, 0) is 24.6 Å².